The number of rotatable bonds is 2. The number of quaternary nitrogens is 1. The minimum absolute atomic E-state index is 0.161. The van der Waals surface area contributed by atoms with E-state index in [0.717, 1.165) is 0 Å². The zero-order chi connectivity index (χ0) is 9.19. The molecule has 0 aliphatic carbocycles. The lowest BCUT2D eigenvalue weighted by Crippen LogP contribution is -2.42. The van der Waals surface area contributed by atoms with Gasteiger partial charge >= 0.3 is 0 Å². The van der Waals surface area contributed by atoms with Crippen LogP contribution < -0.4 is 10.5 Å². The molecular weight excluding hydrogens is 156 g/mol. The predicted molar refractivity (Wildman–Crippen MR) is 46.8 cm³/mol. The van der Waals surface area contributed by atoms with E-state index in [9.17, 15) is 10.4 Å². The monoisotopic (exact) mass is 169 g/mol. The quantitative estimate of drug-likeness (QED) is 0.356. The second kappa shape index (κ2) is 3.10. The molecule has 1 aromatic carbocycles. The highest BCUT2D eigenvalue weighted by atomic mass is 16.8. The van der Waals surface area contributed by atoms with Crippen molar-refractivity contribution in [3.05, 3.63) is 24.3 Å². The summed E-state index contributed by atoms with van der Waals surface area (Å²) in [6.45, 7) is 1.82. The van der Waals surface area contributed by atoms with E-state index in [1.807, 2.05) is 0 Å². The summed E-state index contributed by atoms with van der Waals surface area (Å²) in [6.07, 6.45) is 0. The first-order valence-electron chi connectivity index (χ1n) is 3.76. The van der Waals surface area contributed by atoms with Gasteiger partial charge in [-0.1, -0.05) is 12.1 Å². The van der Waals surface area contributed by atoms with Crippen molar-refractivity contribution in [2.75, 3.05) is 12.3 Å². The fourth-order valence-electron chi connectivity index (χ4n) is 0.984. The van der Waals surface area contributed by atoms with Gasteiger partial charge in [0.25, 0.3) is 0 Å². The third-order valence-electron chi connectivity index (χ3n) is 1.76. The van der Waals surface area contributed by atoms with Crippen molar-refractivity contribution in [1.82, 2.24) is 4.81 Å². The lowest BCUT2D eigenvalue weighted by atomic mass is 10.2. The molecule has 0 spiro atoms. The van der Waals surface area contributed by atoms with E-state index in [0.29, 0.717) is 11.4 Å². The average Bonchev–Trinajstić information content (AvgIpc) is 2.05. The molecule has 0 radical (unpaired) electrons. The SMILES string of the molecule is CC[N+](O)(O)c1ccccc1N. The second-order valence-electron chi connectivity index (χ2n) is 2.61. The molecule has 66 valence electrons. The molecule has 4 nitrogen and oxygen atoms in total. The Labute approximate surface area is 71.0 Å². The summed E-state index contributed by atoms with van der Waals surface area (Å²) >= 11 is 0. The minimum Gasteiger partial charge on any atom is -0.394 e. The Hall–Kier alpha value is -1.10. The molecule has 12 heavy (non-hydrogen) atoms. The number of hydrogen-bond donors (Lipinski definition) is 3. The van der Waals surface area contributed by atoms with Crippen molar-refractivity contribution >= 4 is 11.4 Å². The van der Waals surface area contributed by atoms with Crippen LogP contribution in [0.25, 0.3) is 0 Å². The Morgan fingerprint density at radius 2 is 1.92 bits per heavy atom. The van der Waals surface area contributed by atoms with Gasteiger partial charge in [0.1, 0.15) is 6.54 Å². The van der Waals surface area contributed by atoms with Gasteiger partial charge in [-0.25, -0.2) is 0 Å². The summed E-state index contributed by atoms with van der Waals surface area (Å²) in [4.78, 5) is -1.16. The molecule has 1 aromatic rings. The van der Waals surface area contributed by atoms with Crippen molar-refractivity contribution in [3.8, 4) is 0 Å². The number of nitrogens with zero attached hydrogens (tertiary/aromatic N) is 1. The van der Waals surface area contributed by atoms with E-state index < -0.39 is 4.81 Å². The van der Waals surface area contributed by atoms with Crippen molar-refractivity contribution in [2.45, 2.75) is 6.92 Å². The zero-order valence-corrected chi connectivity index (χ0v) is 6.94. The maximum absolute atomic E-state index is 9.39. The van der Waals surface area contributed by atoms with E-state index in [1.54, 1.807) is 31.2 Å². The highest BCUT2D eigenvalue weighted by Crippen LogP contribution is 2.24. The standard InChI is InChI=1S/C8H13N2O2/c1-2-10(11,12)8-6-4-3-5-7(8)9/h3-6,11-12H,2,9H2,1H3/q+1. The van der Waals surface area contributed by atoms with Crippen LogP contribution in [0.5, 0.6) is 0 Å². The highest BCUT2D eigenvalue weighted by Gasteiger charge is 2.26. The summed E-state index contributed by atoms with van der Waals surface area (Å²) in [5, 5.41) is 18.8. The maximum atomic E-state index is 9.39. The van der Waals surface area contributed by atoms with E-state index in [4.69, 9.17) is 5.73 Å². The molecule has 0 aliphatic heterocycles. The minimum atomic E-state index is -1.16. The van der Waals surface area contributed by atoms with E-state index in [-0.39, 0.29) is 6.54 Å². The summed E-state index contributed by atoms with van der Waals surface area (Å²) in [5.41, 5.74) is 6.23. The lowest BCUT2D eigenvalue weighted by Gasteiger charge is -2.19. The average molecular weight is 169 g/mol. The number of para-hydroxylation sites is 2. The van der Waals surface area contributed by atoms with Gasteiger partial charge in [0.15, 0.2) is 0 Å². The van der Waals surface area contributed by atoms with Gasteiger partial charge in [-0.15, -0.1) is 0 Å². The van der Waals surface area contributed by atoms with Gasteiger partial charge in [0.05, 0.1) is 5.69 Å². The van der Waals surface area contributed by atoms with Crippen LogP contribution in [0.15, 0.2) is 24.3 Å². The molecule has 0 fully saturated rings. The van der Waals surface area contributed by atoms with Crippen LogP contribution in [-0.4, -0.2) is 17.0 Å². The summed E-state index contributed by atoms with van der Waals surface area (Å²) in [6, 6.07) is 6.67. The molecule has 0 saturated heterocycles. The molecule has 0 aliphatic rings. The molecular formula is C8H13N2O2+. The first-order chi connectivity index (χ1) is 5.58. The Kier molecular flexibility index (Phi) is 2.32. The smallest absolute Gasteiger partial charge is 0.222 e. The Morgan fingerprint density at radius 3 is 2.42 bits per heavy atom. The van der Waals surface area contributed by atoms with Crippen molar-refractivity contribution in [3.63, 3.8) is 0 Å². The number of benzene rings is 1. The van der Waals surface area contributed by atoms with Crippen LogP contribution in [0.3, 0.4) is 0 Å². The molecule has 4 heteroatoms. The first-order valence-corrected chi connectivity index (χ1v) is 3.76. The van der Waals surface area contributed by atoms with E-state index >= 15 is 0 Å². The summed E-state index contributed by atoms with van der Waals surface area (Å²) in [5.74, 6) is 0. The Balaban J connectivity index is 3.10. The van der Waals surface area contributed by atoms with Crippen LogP contribution in [0.2, 0.25) is 0 Å². The molecule has 1 rings (SSSR count). The largest absolute Gasteiger partial charge is 0.394 e. The summed E-state index contributed by atoms with van der Waals surface area (Å²) in [7, 11) is 0. The Bertz CT molecular complexity index is 274. The Morgan fingerprint density at radius 1 is 1.33 bits per heavy atom. The summed E-state index contributed by atoms with van der Waals surface area (Å²) < 4.78 is 0. The van der Waals surface area contributed by atoms with Crippen molar-refractivity contribution in [2.24, 2.45) is 0 Å². The van der Waals surface area contributed by atoms with Gasteiger partial charge in [-0.05, 0) is 17.8 Å². The normalized spacial score (nSPS) is 11.6. The van der Waals surface area contributed by atoms with Crippen molar-refractivity contribution in [1.29, 1.82) is 0 Å². The van der Waals surface area contributed by atoms with Crippen LogP contribution >= 0.6 is 0 Å². The maximum Gasteiger partial charge on any atom is 0.222 e. The first kappa shape index (κ1) is 8.99. The molecule has 0 saturated carbocycles. The molecule has 4 N–H and O–H groups in total. The number of nitrogen functional groups attached to an aromatic ring is 1. The lowest BCUT2D eigenvalue weighted by molar-refractivity contribution is -0.287. The van der Waals surface area contributed by atoms with Crippen molar-refractivity contribution < 1.29 is 10.4 Å². The molecule has 0 unspecified atom stereocenters. The highest BCUT2D eigenvalue weighted by molar-refractivity contribution is 5.62. The van der Waals surface area contributed by atoms with Gasteiger partial charge in [0, 0.05) is 6.07 Å². The fraction of sp³-hybridized carbons (Fsp3) is 0.250. The molecule has 0 heterocycles. The van der Waals surface area contributed by atoms with E-state index in [2.05, 4.69) is 0 Å². The number of hydrogen-bond acceptors (Lipinski definition) is 3. The fourth-order valence-corrected chi connectivity index (χ4v) is 0.984. The van der Waals surface area contributed by atoms with Crippen LogP contribution in [-0.2, 0) is 0 Å². The molecule has 0 bridgehead atoms. The number of hydroxylamine groups is 2. The number of nitrogens with two attached hydrogens (primary N) is 1. The van der Waals surface area contributed by atoms with Crippen LogP contribution in [0.1, 0.15) is 6.92 Å². The molecule has 0 atom stereocenters. The third-order valence-corrected chi connectivity index (χ3v) is 1.76. The third kappa shape index (κ3) is 1.55. The van der Waals surface area contributed by atoms with Gasteiger partial charge in [-0.3, -0.25) is 0 Å². The second-order valence-corrected chi connectivity index (χ2v) is 2.61. The topological polar surface area (TPSA) is 66.5 Å². The van der Waals surface area contributed by atoms with Gasteiger partial charge in [0.2, 0.25) is 5.69 Å². The number of anilines is 1. The molecule has 0 aromatic heterocycles. The predicted octanol–water partition coefficient (Wildman–Crippen LogP) is 1.37. The van der Waals surface area contributed by atoms with Gasteiger partial charge < -0.3 is 5.73 Å². The van der Waals surface area contributed by atoms with Gasteiger partial charge in [-0.2, -0.15) is 10.4 Å². The zero-order valence-electron chi connectivity index (χ0n) is 6.94. The van der Waals surface area contributed by atoms with Crippen LogP contribution in [0, 0.1) is 0 Å². The molecule has 0 amide bonds. The van der Waals surface area contributed by atoms with Crippen LogP contribution in [0.4, 0.5) is 11.4 Å². The van der Waals surface area contributed by atoms with E-state index in [1.165, 1.54) is 0 Å².